The van der Waals surface area contributed by atoms with E-state index in [1.807, 2.05) is 0 Å². The Labute approximate surface area is 55.6 Å². The molecule has 0 aromatic carbocycles. The minimum absolute atomic E-state index is 0.136. The van der Waals surface area contributed by atoms with Gasteiger partial charge < -0.3 is 10.6 Å². The summed E-state index contributed by atoms with van der Waals surface area (Å²) in [5, 5.41) is 12.1. The summed E-state index contributed by atoms with van der Waals surface area (Å²) in [6, 6.07) is 0. The Bertz CT molecular complexity index is 268. The number of fused-ring (bicyclic) bond motifs is 1. The molecule has 0 aliphatic carbocycles. The second-order valence-electron chi connectivity index (χ2n) is 1.86. The summed E-state index contributed by atoms with van der Waals surface area (Å²) in [6.07, 6.45) is 0. The lowest BCUT2D eigenvalue weighted by atomic mass is 10.4. The molecule has 0 fully saturated rings. The average Bonchev–Trinajstić information content (AvgIpc) is 2.33. The van der Waals surface area contributed by atoms with Crippen LogP contribution in [-0.2, 0) is 4.79 Å². The molecule has 6 nitrogen and oxygen atoms in total. The van der Waals surface area contributed by atoms with Crippen molar-refractivity contribution in [2.75, 3.05) is 17.2 Å². The third-order valence-electron chi connectivity index (χ3n) is 1.16. The van der Waals surface area contributed by atoms with Gasteiger partial charge in [0.1, 0.15) is 0 Å². The van der Waals surface area contributed by atoms with Gasteiger partial charge in [-0.1, -0.05) is 0 Å². The highest BCUT2D eigenvalue weighted by Crippen LogP contribution is 2.17. The highest BCUT2D eigenvalue weighted by Gasteiger charge is 2.18. The molecule has 52 valence electrons. The van der Waals surface area contributed by atoms with Crippen molar-refractivity contribution < 1.29 is 9.42 Å². The molecule has 0 unspecified atom stereocenters. The van der Waals surface area contributed by atoms with Gasteiger partial charge in [0.15, 0.2) is 0 Å². The summed E-state index contributed by atoms with van der Waals surface area (Å²) in [5.74, 6) is 0.707. The molecule has 1 aliphatic rings. The maximum Gasteiger partial charge on any atom is 0.245 e. The number of nitrogens with zero attached hydrogens (tertiary/aromatic N) is 2. The number of hydrogen-bond acceptors (Lipinski definition) is 5. The molecule has 0 radical (unpaired) electrons. The Balaban J connectivity index is 2.39. The van der Waals surface area contributed by atoms with Crippen molar-refractivity contribution in [1.29, 1.82) is 0 Å². The van der Waals surface area contributed by atoms with Crippen LogP contribution in [0.15, 0.2) is 4.63 Å². The lowest BCUT2D eigenvalue weighted by Crippen LogP contribution is -2.27. The molecule has 0 saturated heterocycles. The standard InChI is InChI=1S/C4H4N4O2/c9-2-1-5-3-4(6-2)8-10-7-3/h1H2,(H,5,7)(H,6,8,9). The first-order valence-corrected chi connectivity index (χ1v) is 2.72. The number of amides is 1. The summed E-state index contributed by atoms with van der Waals surface area (Å²) in [4.78, 5) is 10.6. The SMILES string of the molecule is O=C1CNc2nonc2N1. The van der Waals surface area contributed by atoms with Crippen molar-refractivity contribution in [2.45, 2.75) is 0 Å². The minimum atomic E-state index is -0.136. The molecule has 2 N–H and O–H groups in total. The fourth-order valence-corrected chi connectivity index (χ4v) is 0.727. The normalized spacial score (nSPS) is 15.4. The highest BCUT2D eigenvalue weighted by atomic mass is 16.6. The summed E-state index contributed by atoms with van der Waals surface area (Å²) < 4.78 is 4.34. The van der Waals surface area contributed by atoms with E-state index in [0.29, 0.717) is 11.6 Å². The van der Waals surface area contributed by atoms with Crippen LogP contribution in [0.25, 0.3) is 0 Å². The zero-order valence-electron chi connectivity index (χ0n) is 4.92. The predicted octanol–water partition coefficient (Wildman–Crippen LogP) is -0.566. The highest BCUT2D eigenvalue weighted by molar-refractivity contribution is 5.98. The largest absolute Gasteiger partial charge is 0.355 e. The van der Waals surface area contributed by atoms with Crippen LogP contribution >= 0.6 is 0 Å². The molecule has 1 amide bonds. The van der Waals surface area contributed by atoms with Gasteiger partial charge in [-0.05, 0) is 10.3 Å². The van der Waals surface area contributed by atoms with Crippen molar-refractivity contribution in [3.63, 3.8) is 0 Å². The van der Waals surface area contributed by atoms with Gasteiger partial charge >= 0.3 is 0 Å². The minimum Gasteiger partial charge on any atom is -0.355 e. The first-order valence-electron chi connectivity index (χ1n) is 2.72. The van der Waals surface area contributed by atoms with E-state index in [4.69, 9.17) is 0 Å². The van der Waals surface area contributed by atoms with E-state index in [1.54, 1.807) is 0 Å². The van der Waals surface area contributed by atoms with E-state index in [-0.39, 0.29) is 12.5 Å². The third kappa shape index (κ3) is 0.619. The Morgan fingerprint density at radius 2 is 2.20 bits per heavy atom. The topological polar surface area (TPSA) is 80.1 Å². The lowest BCUT2D eigenvalue weighted by Gasteiger charge is -2.08. The van der Waals surface area contributed by atoms with Crippen LogP contribution in [0.5, 0.6) is 0 Å². The van der Waals surface area contributed by atoms with Crippen LogP contribution in [-0.4, -0.2) is 22.8 Å². The zero-order chi connectivity index (χ0) is 6.97. The molecule has 0 bridgehead atoms. The van der Waals surface area contributed by atoms with Gasteiger partial charge in [-0.25, -0.2) is 4.63 Å². The Kier molecular flexibility index (Phi) is 0.883. The Hall–Kier alpha value is -1.59. The number of carbonyl (C=O) groups is 1. The van der Waals surface area contributed by atoms with Crippen LogP contribution in [0.3, 0.4) is 0 Å². The van der Waals surface area contributed by atoms with Crippen molar-refractivity contribution in [3.8, 4) is 0 Å². The predicted molar refractivity (Wildman–Crippen MR) is 31.4 cm³/mol. The molecule has 6 heteroatoms. The Morgan fingerprint density at radius 3 is 3.10 bits per heavy atom. The molecule has 2 heterocycles. The number of aromatic nitrogens is 2. The fraction of sp³-hybridized carbons (Fsp3) is 0.250. The smallest absolute Gasteiger partial charge is 0.245 e. The van der Waals surface area contributed by atoms with Crippen molar-refractivity contribution in [2.24, 2.45) is 0 Å². The molecule has 2 rings (SSSR count). The van der Waals surface area contributed by atoms with Gasteiger partial charge in [-0.3, -0.25) is 4.79 Å². The third-order valence-corrected chi connectivity index (χ3v) is 1.16. The number of hydrogen-bond donors (Lipinski definition) is 2. The summed E-state index contributed by atoms with van der Waals surface area (Å²) in [6.45, 7) is 0.223. The molecular weight excluding hydrogens is 136 g/mol. The van der Waals surface area contributed by atoms with Crippen LogP contribution < -0.4 is 10.6 Å². The molecule has 0 atom stereocenters. The van der Waals surface area contributed by atoms with Gasteiger partial charge in [-0.2, -0.15) is 0 Å². The molecule has 0 saturated carbocycles. The van der Waals surface area contributed by atoms with Crippen molar-refractivity contribution in [3.05, 3.63) is 0 Å². The van der Waals surface area contributed by atoms with E-state index >= 15 is 0 Å². The first-order chi connectivity index (χ1) is 4.86. The molecular formula is C4H4N4O2. The monoisotopic (exact) mass is 140 g/mol. The van der Waals surface area contributed by atoms with Crippen molar-refractivity contribution >= 4 is 17.5 Å². The van der Waals surface area contributed by atoms with Crippen LogP contribution in [0, 0.1) is 0 Å². The van der Waals surface area contributed by atoms with E-state index in [9.17, 15) is 4.79 Å². The molecule has 0 spiro atoms. The second kappa shape index (κ2) is 1.69. The lowest BCUT2D eigenvalue weighted by molar-refractivity contribution is -0.114. The molecule has 1 aliphatic heterocycles. The number of carbonyl (C=O) groups excluding carboxylic acids is 1. The maximum atomic E-state index is 10.6. The Morgan fingerprint density at radius 1 is 1.40 bits per heavy atom. The average molecular weight is 140 g/mol. The van der Waals surface area contributed by atoms with Gasteiger partial charge in [-0.15, -0.1) is 0 Å². The number of nitrogens with one attached hydrogen (secondary N) is 2. The first kappa shape index (κ1) is 5.21. The second-order valence-corrected chi connectivity index (χ2v) is 1.86. The van der Waals surface area contributed by atoms with Crippen LogP contribution in [0.1, 0.15) is 0 Å². The number of anilines is 2. The molecule has 1 aromatic heterocycles. The summed E-state index contributed by atoms with van der Waals surface area (Å²) in [7, 11) is 0. The van der Waals surface area contributed by atoms with Crippen LogP contribution in [0.2, 0.25) is 0 Å². The van der Waals surface area contributed by atoms with Gasteiger partial charge in [0, 0.05) is 0 Å². The van der Waals surface area contributed by atoms with Crippen LogP contribution in [0.4, 0.5) is 11.6 Å². The van der Waals surface area contributed by atoms with Gasteiger partial charge in [0.2, 0.25) is 17.5 Å². The zero-order valence-corrected chi connectivity index (χ0v) is 4.92. The summed E-state index contributed by atoms with van der Waals surface area (Å²) >= 11 is 0. The van der Waals surface area contributed by atoms with Gasteiger partial charge in [0.05, 0.1) is 6.54 Å². The molecule has 1 aromatic rings. The summed E-state index contributed by atoms with van der Waals surface area (Å²) in [5.41, 5.74) is 0. The fourth-order valence-electron chi connectivity index (χ4n) is 0.727. The van der Waals surface area contributed by atoms with Crippen molar-refractivity contribution in [1.82, 2.24) is 10.3 Å². The number of rotatable bonds is 0. The maximum absolute atomic E-state index is 10.6. The van der Waals surface area contributed by atoms with E-state index < -0.39 is 0 Å². The van der Waals surface area contributed by atoms with E-state index in [2.05, 4.69) is 25.6 Å². The van der Waals surface area contributed by atoms with Gasteiger partial charge in [0.25, 0.3) is 0 Å². The quantitative estimate of drug-likeness (QED) is 0.504. The van der Waals surface area contributed by atoms with E-state index in [0.717, 1.165) is 0 Å². The van der Waals surface area contributed by atoms with E-state index in [1.165, 1.54) is 0 Å². The molecule has 10 heavy (non-hydrogen) atoms.